The molecule has 24 heavy (non-hydrogen) atoms. The van der Waals surface area contributed by atoms with Crippen LogP contribution in [0.5, 0.6) is 11.5 Å². The number of benzene rings is 2. The third kappa shape index (κ3) is 2.53. The van der Waals surface area contributed by atoms with Crippen molar-refractivity contribution in [3.63, 3.8) is 0 Å². The van der Waals surface area contributed by atoms with Crippen LogP contribution in [0.25, 0.3) is 0 Å². The van der Waals surface area contributed by atoms with Crippen LogP contribution in [-0.4, -0.2) is 13.1 Å². The van der Waals surface area contributed by atoms with Crippen LogP contribution in [0.2, 0.25) is 0 Å². The first-order valence-electron chi connectivity index (χ1n) is 9.45. The molecule has 0 aromatic heterocycles. The quantitative estimate of drug-likeness (QED) is 0.854. The lowest BCUT2D eigenvalue weighted by Gasteiger charge is -2.37. The Morgan fingerprint density at radius 2 is 1.75 bits per heavy atom. The van der Waals surface area contributed by atoms with E-state index in [1.807, 2.05) is 0 Å². The van der Waals surface area contributed by atoms with Gasteiger partial charge in [-0.3, -0.25) is 0 Å². The fourth-order valence-corrected chi connectivity index (χ4v) is 4.64. The van der Waals surface area contributed by atoms with Crippen molar-refractivity contribution in [1.29, 1.82) is 0 Å². The zero-order valence-corrected chi connectivity index (χ0v) is 14.8. The normalized spacial score (nSPS) is 20.2. The Balaban J connectivity index is 1.90. The van der Waals surface area contributed by atoms with Gasteiger partial charge < -0.3 is 10.1 Å². The van der Waals surface area contributed by atoms with Crippen molar-refractivity contribution in [2.75, 3.05) is 13.1 Å². The standard InChI is InChI=1S/C22H27NO/c1-3-15-9-10-20-22(17(15)4-2)21(16-11-13-23-14-12-16)18-7-5-6-8-19(18)24-20/h5-10,16,21,23H,3-4,11-14H2,1-2H3. The molecule has 126 valence electrons. The molecule has 0 aliphatic carbocycles. The van der Waals surface area contributed by atoms with Gasteiger partial charge in [0.25, 0.3) is 0 Å². The van der Waals surface area contributed by atoms with Crippen molar-refractivity contribution in [1.82, 2.24) is 5.32 Å². The fraction of sp³-hybridized carbons (Fsp3) is 0.455. The monoisotopic (exact) mass is 321 g/mol. The van der Waals surface area contributed by atoms with Gasteiger partial charge in [-0.25, -0.2) is 0 Å². The van der Waals surface area contributed by atoms with Crippen molar-refractivity contribution in [2.45, 2.75) is 45.4 Å². The van der Waals surface area contributed by atoms with Gasteiger partial charge in [-0.15, -0.1) is 0 Å². The first-order valence-corrected chi connectivity index (χ1v) is 9.45. The van der Waals surface area contributed by atoms with Crippen LogP contribution in [0.1, 0.15) is 54.9 Å². The summed E-state index contributed by atoms with van der Waals surface area (Å²) in [4.78, 5) is 0. The second-order valence-electron chi connectivity index (χ2n) is 7.03. The summed E-state index contributed by atoms with van der Waals surface area (Å²) in [6, 6.07) is 13.1. The van der Waals surface area contributed by atoms with E-state index < -0.39 is 0 Å². The Morgan fingerprint density at radius 1 is 0.958 bits per heavy atom. The lowest BCUT2D eigenvalue weighted by Crippen LogP contribution is -2.32. The van der Waals surface area contributed by atoms with Crippen LogP contribution < -0.4 is 10.1 Å². The molecule has 1 unspecified atom stereocenters. The molecule has 0 radical (unpaired) electrons. The van der Waals surface area contributed by atoms with Crippen molar-refractivity contribution >= 4 is 0 Å². The highest BCUT2D eigenvalue weighted by atomic mass is 16.5. The van der Waals surface area contributed by atoms with E-state index in [0.717, 1.165) is 37.4 Å². The van der Waals surface area contributed by atoms with Gasteiger partial charge in [0, 0.05) is 17.0 Å². The maximum Gasteiger partial charge on any atom is 0.131 e. The number of para-hydroxylation sites is 1. The summed E-state index contributed by atoms with van der Waals surface area (Å²) < 4.78 is 6.32. The van der Waals surface area contributed by atoms with Crippen LogP contribution in [0.4, 0.5) is 0 Å². The van der Waals surface area contributed by atoms with E-state index >= 15 is 0 Å². The number of nitrogens with one attached hydrogen (secondary N) is 1. The highest BCUT2D eigenvalue weighted by Gasteiger charge is 2.35. The average Bonchev–Trinajstić information content (AvgIpc) is 2.65. The molecule has 2 aromatic carbocycles. The van der Waals surface area contributed by atoms with Gasteiger partial charge in [-0.05, 0) is 68.0 Å². The summed E-state index contributed by atoms with van der Waals surface area (Å²) in [7, 11) is 0. The van der Waals surface area contributed by atoms with Crippen LogP contribution >= 0.6 is 0 Å². The molecule has 1 fully saturated rings. The summed E-state index contributed by atoms with van der Waals surface area (Å²) in [5.41, 5.74) is 5.87. The first-order chi connectivity index (χ1) is 11.8. The maximum absolute atomic E-state index is 6.32. The molecule has 4 rings (SSSR count). The number of piperidine rings is 1. The number of aryl methyl sites for hydroxylation is 1. The van der Waals surface area contributed by atoms with Gasteiger partial charge in [0.15, 0.2) is 0 Å². The van der Waals surface area contributed by atoms with Crippen LogP contribution in [0.3, 0.4) is 0 Å². The number of rotatable bonds is 3. The molecule has 2 heterocycles. The Hall–Kier alpha value is -1.80. The SMILES string of the molecule is CCc1ccc2c(c1CC)C(C1CCNCC1)c1ccccc1O2. The predicted octanol–water partition coefficient (Wildman–Crippen LogP) is 5.05. The molecule has 1 atom stereocenters. The van der Waals surface area contributed by atoms with Crippen molar-refractivity contribution in [2.24, 2.45) is 5.92 Å². The molecule has 1 N–H and O–H groups in total. The third-order valence-corrected chi connectivity index (χ3v) is 5.79. The third-order valence-electron chi connectivity index (χ3n) is 5.79. The molecule has 0 bridgehead atoms. The van der Waals surface area contributed by atoms with Crippen LogP contribution in [-0.2, 0) is 12.8 Å². The van der Waals surface area contributed by atoms with Gasteiger partial charge >= 0.3 is 0 Å². The summed E-state index contributed by atoms with van der Waals surface area (Å²) in [6.07, 6.45) is 4.67. The van der Waals surface area contributed by atoms with E-state index in [-0.39, 0.29) is 0 Å². The van der Waals surface area contributed by atoms with Gasteiger partial charge in [-0.2, -0.15) is 0 Å². The highest BCUT2D eigenvalue weighted by Crippen LogP contribution is 2.51. The number of fused-ring (bicyclic) bond motifs is 2. The maximum atomic E-state index is 6.32. The molecule has 0 spiro atoms. The molecule has 1 saturated heterocycles. The van der Waals surface area contributed by atoms with E-state index in [2.05, 4.69) is 55.6 Å². The van der Waals surface area contributed by atoms with E-state index in [4.69, 9.17) is 4.74 Å². The number of hydrogen-bond donors (Lipinski definition) is 1. The molecular weight excluding hydrogens is 294 g/mol. The minimum absolute atomic E-state index is 0.480. The molecule has 0 saturated carbocycles. The predicted molar refractivity (Wildman–Crippen MR) is 99.2 cm³/mol. The minimum Gasteiger partial charge on any atom is -0.457 e. The molecule has 2 aliphatic rings. The molecule has 2 heteroatoms. The second kappa shape index (κ2) is 6.60. The van der Waals surface area contributed by atoms with Crippen molar-refractivity contribution in [3.8, 4) is 11.5 Å². The molecule has 0 amide bonds. The average molecular weight is 321 g/mol. The Labute approximate surface area is 145 Å². The summed E-state index contributed by atoms with van der Waals surface area (Å²) in [5, 5.41) is 3.52. The Kier molecular flexibility index (Phi) is 4.32. The second-order valence-corrected chi connectivity index (χ2v) is 7.03. The molecule has 2 nitrogen and oxygen atoms in total. The summed E-state index contributed by atoms with van der Waals surface area (Å²) >= 11 is 0. The summed E-state index contributed by atoms with van der Waals surface area (Å²) in [5.74, 6) is 3.33. The number of ether oxygens (including phenoxy) is 1. The minimum atomic E-state index is 0.480. The van der Waals surface area contributed by atoms with Gasteiger partial charge in [-0.1, -0.05) is 38.1 Å². The van der Waals surface area contributed by atoms with E-state index in [9.17, 15) is 0 Å². The van der Waals surface area contributed by atoms with Gasteiger partial charge in [0.05, 0.1) is 0 Å². The molecule has 2 aliphatic heterocycles. The van der Waals surface area contributed by atoms with Crippen LogP contribution in [0, 0.1) is 5.92 Å². The highest BCUT2D eigenvalue weighted by molar-refractivity contribution is 5.58. The van der Waals surface area contributed by atoms with Crippen molar-refractivity contribution < 1.29 is 4.74 Å². The lowest BCUT2D eigenvalue weighted by atomic mass is 9.72. The van der Waals surface area contributed by atoms with Gasteiger partial charge in [0.2, 0.25) is 0 Å². The Morgan fingerprint density at radius 3 is 2.50 bits per heavy atom. The molecule has 2 aromatic rings. The van der Waals surface area contributed by atoms with E-state index in [1.54, 1.807) is 0 Å². The number of hydrogen-bond acceptors (Lipinski definition) is 2. The summed E-state index contributed by atoms with van der Waals surface area (Å²) in [6.45, 7) is 6.82. The lowest BCUT2D eigenvalue weighted by molar-refractivity contribution is 0.320. The topological polar surface area (TPSA) is 21.3 Å². The molecular formula is C22H27NO. The largest absolute Gasteiger partial charge is 0.457 e. The smallest absolute Gasteiger partial charge is 0.131 e. The first kappa shape index (κ1) is 15.7. The van der Waals surface area contributed by atoms with Crippen molar-refractivity contribution in [3.05, 3.63) is 58.7 Å². The zero-order chi connectivity index (χ0) is 16.5. The van der Waals surface area contributed by atoms with E-state index in [0.29, 0.717) is 11.8 Å². The zero-order valence-electron chi connectivity index (χ0n) is 14.8. The van der Waals surface area contributed by atoms with Gasteiger partial charge in [0.1, 0.15) is 11.5 Å². The van der Waals surface area contributed by atoms with Crippen LogP contribution in [0.15, 0.2) is 36.4 Å². The Bertz CT molecular complexity index is 731. The fourth-order valence-electron chi connectivity index (χ4n) is 4.64. The van der Waals surface area contributed by atoms with E-state index in [1.165, 1.54) is 35.1 Å².